The average Bonchev–Trinajstić information content (AvgIpc) is 4.44. The number of carbonyl (C=O) groups is 3. The molecule has 392 valence electrons. The number of fused-ring (bicyclic) bond motifs is 11. The number of aromatic nitrogens is 4. The molecular formula is C63H49N5O11. The lowest BCUT2D eigenvalue weighted by atomic mass is 9.96. The Bertz CT molecular complexity index is 3690. The summed E-state index contributed by atoms with van der Waals surface area (Å²) >= 11 is 0. The normalized spacial score (nSPS) is 19.7. The summed E-state index contributed by atoms with van der Waals surface area (Å²) in [5.74, 6) is -1.31. The Hall–Kier alpha value is -9.22. The van der Waals surface area contributed by atoms with Crippen molar-refractivity contribution in [3.63, 3.8) is 0 Å². The Morgan fingerprint density at radius 3 is 1.52 bits per heavy atom. The second-order valence-corrected chi connectivity index (χ2v) is 20.0. The van der Waals surface area contributed by atoms with Crippen molar-refractivity contribution >= 4 is 35.5 Å². The molecule has 14 rings (SSSR count). The second kappa shape index (κ2) is 20.3. The van der Waals surface area contributed by atoms with Crippen molar-refractivity contribution in [2.45, 2.75) is 48.4 Å². The lowest BCUT2D eigenvalue weighted by molar-refractivity contribution is -0.306. The van der Waals surface area contributed by atoms with Gasteiger partial charge in [-0.3, -0.25) is 5.32 Å². The zero-order chi connectivity index (χ0) is 53.0. The molecule has 4 unspecified atom stereocenters. The van der Waals surface area contributed by atoms with Crippen LogP contribution in [0.3, 0.4) is 0 Å². The van der Waals surface area contributed by atoms with E-state index in [0.29, 0.717) is 0 Å². The Balaban J connectivity index is 0.778. The van der Waals surface area contributed by atoms with Crippen LogP contribution in [-0.4, -0.2) is 89.3 Å². The number of hydrogen-bond donors (Lipinski definition) is 1. The molecule has 7 aromatic carbocycles. The summed E-state index contributed by atoms with van der Waals surface area (Å²) in [6.45, 7) is 0.0613. The third-order valence-corrected chi connectivity index (χ3v) is 15.7. The van der Waals surface area contributed by atoms with Gasteiger partial charge in [0.2, 0.25) is 5.95 Å². The number of amides is 1. The number of nitrogens with one attached hydrogen (secondary N) is 1. The van der Waals surface area contributed by atoms with Crippen molar-refractivity contribution in [1.29, 1.82) is 0 Å². The van der Waals surface area contributed by atoms with Gasteiger partial charge in [0.05, 0.1) is 25.6 Å². The standard InChI is InChI=1S/C63H49N5O11/c69-61(74-30-49-43-24-10-4-18-37(43)38-19-5-11-25-44(38)49)67-60-65-57-54(58(66-60)79-63(71)76-32-51-47-28-14-8-22-41(47)42-23-9-15-29-48(42)51)64-35-68(57)52-33-72-53-34-73-59(36-16-2-1-3-17-36)77-56(53)55(52)78-62(70)75-31-50-45-26-12-6-20-39(45)40-21-7-13-27-46(40)50/h1-29,35,49-53,55-56,59H,30-34H2,(H,65,66,67,69)/t52?,53?,55?,56-,59?/m1/s1. The van der Waals surface area contributed by atoms with Crippen LogP contribution in [0.4, 0.5) is 20.3 Å². The van der Waals surface area contributed by atoms with Crippen LogP contribution in [-0.2, 0) is 33.2 Å². The zero-order valence-corrected chi connectivity index (χ0v) is 42.3. The predicted molar refractivity (Wildman–Crippen MR) is 288 cm³/mol. The van der Waals surface area contributed by atoms with Crippen molar-refractivity contribution in [2.75, 3.05) is 38.4 Å². The highest BCUT2D eigenvalue weighted by molar-refractivity contribution is 5.87. The highest BCUT2D eigenvalue weighted by atomic mass is 16.8. The Kier molecular flexibility index (Phi) is 12.4. The minimum absolute atomic E-state index is 0.00763. The van der Waals surface area contributed by atoms with E-state index in [1.54, 1.807) is 4.57 Å². The van der Waals surface area contributed by atoms with Gasteiger partial charge in [0, 0.05) is 23.3 Å². The van der Waals surface area contributed by atoms with Gasteiger partial charge < -0.3 is 42.5 Å². The molecule has 3 aliphatic carbocycles. The van der Waals surface area contributed by atoms with Gasteiger partial charge in [0.1, 0.15) is 32.0 Å². The van der Waals surface area contributed by atoms with E-state index in [0.717, 1.165) is 72.3 Å². The van der Waals surface area contributed by atoms with Gasteiger partial charge in [-0.2, -0.15) is 9.97 Å². The largest absolute Gasteiger partial charge is 0.515 e. The molecular weight excluding hydrogens is 1000 g/mol. The summed E-state index contributed by atoms with van der Waals surface area (Å²) in [5, 5.41) is 2.67. The molecule has 1 N–H and O–H groups in total. The average molecular weight is 1050 g/mol. The summed E-state index contributed by atoms with van der Waals surface area (Å²) in [6, 6.07) is 56.7. The van der Waals surface area contributed by atoms with Gasteiger partial charge >= 0.3 is 18.4 Å². The van der Waals surface area contributed by atoms with Crippen LogP contribution in [0.25, 0.3) is 44.5 Å². The zero-order valence-electron chi connectivity index (χ0n) is 42.3. The first kappa shape index (κ1) is 48.2. The molecule has 4 heterocycles. The number of rotatable bonds is 11. The van der Waals surface area contributed by atoms with Crippen LogP contribution in [0.1, 0.15) is 69.0 Å². The molecule has 5 aliphatic rings. The maximum Gasteiger partial charge on any atom is 0.515 e. The van der Waals surface area contributed by atoms with Crippen LogP contribution in [0.5, 0.6) is 5.88 Å². The van der Waals surface area contributed by atoms with E-state index in [1.807, 2.05) is 152 Å². The number of imidazole rings is 1. The number of carbonyl (C=O) groups excluding carboxylic acids is 3. The van der Waals surface area contributed by atoms with Crippen LogP contribution in [0.15, 0.2) is 182 Å². The molecule has 2 aromatic heterocycles. The van der Waals surface area contributed by atoms with E-state index < -0.39 is 49.0 Å². The van der Waals surface area contributed by atoms with E-state index in [-0.39, 0.29) is 73.8 Å². The molecule has 79 heavy (non-hydrogen) atoms. The van der Waals surface area contributed by atoms with E-state index in [4.69, 9.17) is 42.9 Å². The van der Waals surface area contributed by atoms with Crippen LogP contribution in [0.2, 0.25) is 0 Å². The summed E-state index contributed by atoms with van der Waals surface area (Å²) in [5.41, 5.74) is 13.5. The highest BCUT2D eigenvalue weighted by Crippen LogP contribution is 2.48. The maximum atomic E-state index is 14.3. The Morgan fingerprint density at radius 1 is 0.532 bits per heavy atom. The van der Waals surface area contributed by atoms with Gasteiger partial charge in [-0.05, 0) is 66.8 Å². The van der Waals surface area contributed by atoms with E-state index >= 15 is 0 Å². The van der Waals surface area contributed by atoms with Gasteiger partial charge in [0.25, 0.3) is 5.88 Å². The fourth-order valence-electron chi connectivity index (χ4n) is 12.1. The van der Waals surface area contributed by atoms with Gasteiger partial charge in [-0.25, -0.2) is 19.4 Å². The van der Waals surface area contributed by atoms with Gasteiger partial charge in [-0.15, -0.1) is 0 Å². The van der Waals surface area contributed by atoms with Gasteiger partial charge in [0.15, 0.2) is 23.6 Å². The molecule has 2 aliphatic heterocycles. The SMILES string of the molecule is O=C(Nc1nc(OC(=O)OCC2c3ccccc3-c3ccccc32)c2ncn(C3COC4COC(c5ccccc5)O[C@H]4C3OC(=O)OCC3c4ccccc4-c4ccccc43)c2n1)OCC1c2ccccc2-c2ccccc21. The quantitative estimate of drug-likeness (QED) is 0.0954. The molecule has 0 saturated carbocycles. The molecule has 0 radical (unpaired) electrons. The molecule has 0 spiro atoms. The summed E-state index contributed by atoms with van der Waals surface area (Å²) < 4.78 is 51.1. The summed E-state index contributed by atoms with van der Waals surface area (Å²) in [6.07, 6.45) is -4.88. The van der Waals surface area contributed by atoms with E-state index in [1.165, 1.54) is 6.33 Å². The van der Waals surface area contributed by atoms with E-state index in [9.17, 15) is 14.4 Å². The van der Waals surface area contributed by atoms with E-state index in [2.05, 4.69) is 39.6 Å². The summed E-state index contributed by atoms with van der Waals surface area (Å²) in [7, 11) is 0. The predicted octanol–water partition coefficient (Wildman–Crippen LogP) is 11.9. The van der Waals surface area contributed by atoms with Gasteiger partial charge in [-0.1, -0.05) is 176 Å². The minimum Gasteiger partial charge on any atom is -0.448 e. The van der Waals surface area contributed by atoms with Crippen molar-refractivity contribution in [2.24, 2.45) is 0 Å². The number of benzene rings is 7. The van der Waals surface area contributed by atoms with Crippen molar-refractivity contribution in [3.05, 3.63) is 221 Å². The third kappa shape index (κ3) is 8.79. The number of ether oxygens (including phenoxy) is 8. The fraction of sp³-hybridized carbons (Fsp3) is 0.206. The molecule has 1 amide bonds. The smallest absolute Gasteiger partial charge is 0.448 e. The molecule has 9 aromatic rings. The number of anilines is 1. The lowest BCUT2D eigenvalue weighted by Gasteiger charge is -2.46. The monoisotopic (exact) mass is 1050 g/mol. The van der Waals surface area contributed by atoms with Crippen molar-refractivity contribution in [3.8, 4) is 39.3 Å². The Morgan fingerprint density at radius 2 is 1.00 bits per heavy atom. The summed E-state index contributed by atoms with van der Waals surface area (Å²) in [4.78, 5) is 56.1. The molecule has 16 heteroatoms. The second-order valence-electron chi connectivity index (χ2n) is 20.0. The molecule has 0 bridgehead atoms. The van der Waals surface area contributed by atoms with Crippen molar-refractivity contribution < 1.29 is 52.3 Å². The lowest BCUT2D eigenvalue weighted by Crippen LogP contribution is -2.57. The number of nitrogens with zero attached hydrogens (tertiary/aromatic N) is 4. The molecule has 2 saturated heterocycles. The maximum absolute atomic E-state index is 14.3. The van der Waals surface area contributed by atoms with Crippen LogP contribution < -0.4 is 10.1 Å². The fourth-order valence-corrected chi connectivity index (χ4v) is 12.1. The highest BCUT2D eigenvalue weighted by Gasteiger charge is 2.50. The first-order valence-electron chi connectivity index (χ1n) is 26.3. The first-order chi connectivity index (χ1) is 38.9. The Labute approximate surface area is 452 Å². The third-order valence-electron chi connectivity index (χ3n) is 15.7. The molecule has 2 fully saturated rings. The number of hydrogen-bond acceptors (Lipinski definition) is 14. The first-order valence-corrected chi connectivity index (χ1v) is 26.3. The molecule has 16 nitrogen and oxygen atoms in total. The minimum atomic E-state index is -1.10. The molecule has 5 atom stereocenters. The topological polar surface area (TPSA) is 181 Å². The van der Waals surface area contributed by atoms with Crippen LogP contribution in [0, 0.1) is 0 Å². The van der Waals surface area contributed by atoms with Crippen LogP contribution >= 0.6 is 0 Å². The van der Waals surface area contributed by atoms with Crippen molar-refractivity contribution in [1.82, 2.24) is 19.5 Å².